The molecular formula is C22H28FIN4O2S. The van der Waals surface area contributed by atoms with E-state index < -0.39 is 9.84 Å². The molecule has 2 aromatic carbocycles. The Morgan fingerprint density at radius 2 is 1.84 bits per heavy atom. The van der Waals surface area contributed by atoms with E-state index in [1.807, 2.05) is 36.5 Å². The van der Waals surface area contributed by atoms with Crippen LogP contribution in [-0.4, -0.2) is 45.3 Å². The molecule has 9 heteroatoms. The predicted octanol–water partition coefficient (Wildman–Crippen LogP) is 3.64. The number of benzene rings is 2. The van der Waals surface area contributed by atoms with E-state index in [1.165, 1.54) is 12.1 Å². The average Bonchev–Trinajstić information content (AvgIpc) is 3.12. The van der Waals surface area contributed by atoms with Crippen LogP contribution < -0.4 is 10.6 Å². The fourth-order valence-electron chi connectivity index (χ4n) is 3.30. The normalized spacial score (nSPS) is 11.9. The summed E-state index contributed by atoms with van der Waals surface area (Å²) in [5.41, 5.74) is 2.69. The molecule has 6 nitrogen and oxygen atoms in total. The zero-order valence-electron chi connectivity index (χ0n) is 17.4. The number of aliphatic imine (C=N–C) groups is 1. The number of aromatic nitrogens is 1. The largest absolute Gasteiger partial charge is 0.361 e. The first-order valence-electron chi connectivity index (χ1n) is 9.91. The van der Waals surface area contributed by atoms with E-state index in [9.17, 15) is 12.8 Å². The highest BCUT2D eigenvalue weighted by molar-refractivity contribution is 14.0. The van der Waals surface area contributed by atoms with Crippen LogP contribution in [0.25, 0.3) is 10.9 Å². The Kier molecular flexibility index (Phi) is 9.76. The molecule has 3 N–H and O–H groups in total. The van der Waals surface area contributed by atoms with Gasteiger partial charge in [-0.3, -0.25) is 4.99 Å². The standard InChI is InChI=1S/C22H27FN4O2S.HI/c1-24-22(25-11-5-13-30(28,29)16-17-6-3-2-4-7-17)26-12-10-18-15-27-21-14-19(23)8-9-20(18)21;/h2-4,6-9,14-15,27H,5,10-13,16H2,1H3,(H2,24,25,26);1H. The summed E-state index contributed by atoms with van der Waals surface area (Å²) in [7, 11) is -1.46. The molecule has 0 amide bonds. The van der Waals surface area contributed by atoms with E-state index in [-0.39, 0.29) is 41.3 Å². The van der Waals surface area contributed by atoms with Crippen molar-refractivity contribution in [3.63, 3.8) is 0 Å². The smallest absolute Gasteiger partial charge is 0.190 e. The third-order valence-electron chi connectivity index (χ3n) is 4.79. The van der Waals surface area contributed by atoms with Gasteiger partial charge >= 0.3 is 0 Å². The lowest BCUT2D eigenvalue weighted by Crippen LogP contribution is -2.39. The number of nitrogens with one attached hydrogen (secondary N) is 3. The Bertz CT molecular complexity index is 1100. The maximum Gasteiger partial charge on any atom is 0.190 e. The topological polar surface area (TPSA) is 86.3 Å². The molecule has 0 aliphatic heterocycles. The third kappa shape index (κ3) is 7.80. The number of nitrogens with zero attached hydrogens (tertiary/aromatic N) is 1. The quantitative estimate of drug-likeness (QED) is 0.162. The highest BCUT2D eigenvalue weighted by atomic mass is 127. The highest BCUT2D eigenvalue weighted by Gasteiger charge is 2.11. The van der Waals surface area contributed by atoms with Crippen molar-refractivity contribution < 1.29 is 12.8 Å². The van der Waals surface area contributed by atoms with Gasteiger partial charge in [-0.1, -0.05) is 30.3 Å². The zero-order chi connectivity index (χ0) is 21.4. The van der Waals surface area contributed by atoms with Crippen LogP contribution in [0.15, 0.2) is 59.7 Å². The fourth-order valence-corrected chi connectivity index (χ4v) is 4.73. The van der Waals surface area contributed by atoms with Gasteiger partial charge in [0.1, 0.15) is 5.82 Å². The van der Waals surface area contributed by atoms with Crippen molar-refractivity contribution >= 4 is 50.7 Å². The molecule has 0 aliphatic rings. The summed E-state index contributed by atoms with van der Waals surface area (Å²) in [6.45, 7) is 1.16. The molecule has 1 aromatic heterocycles. The highest BCUT2D eigenvalue weighted by Crippen LogP contribution is 2.19. The number of guanidine groups is 1. The van der Waals surface area contributed by atoms with Gasteiger partial charge in [0.15, 0.2) is 15.8 Å². The summed E-state index contributed by atoms with van der Waals surface area (Å²) >= 11 is 0. The molecule has 0 radical (unpaired) electrons. The summed E-state index contributed by atoms with van der Waals surface area (Å²) < 4.78 is 37.8. The van der Waals surface area contributed by atoms with Crippen molar-refractivity contribution in [1.82, 2.24) is 15.6 Å². The van der Waals surface area contributed by atoms with E-state index in [4.69, 9.17) is 0 Å². The summed E-state index contributed by atoms with van der Waals surface area (Å²) in [6.07, 6.45) is 3.14. The molecule has 1 heterocycles. The SMILES string of the molecule is CN=C(NCCCS(=O)(=O)Cc1ccccc1)NCCc1c[nH]c2cc(F)ccc12.I. The van der Waals surface area contributed by atoms with Crippen LogP contribution in [0.1, 0.15) is 17.5 Å². The number of fused-ring (bicyclic) bond motifs is 1. The van der Waals surface area contributed by atoms with Crippen LogP contribution >= 0.6 is 24.0 Å². The summed E-state index contributed by atoms with van der Waals surface area (Å²) in [6, 6.07) is 13.9. The molecule has 0 saturated carbocycles. The van der Waals surface area contributed by atoms with E-state index in [2.05, 4.69) is 20.6 Å². The van der Waals surface area contributed by atoms with Gasteiger partial charge in [0.25, 0.3) is 0 Å². The lowest BCUT2D eigenvalue weighted by molar-refractivity contribution is 0.591. The van der Waals surface area contributed by atoms with E-state index in [0.29, 0.717) is 25.5 Å². The lowest BCUT2D eigenvalue weighted by atomic mass is 10.1. The minimum atomic E-state index is -3.14. The summed E-state index contributed by atoms with van der Waals surface area (Å²) in [4.78, 5) is 7.25. The lowest BCUT2D eigenvalue weighted by Gasteiger charge is -2.12. The number of aromatic amines is 1. The van der Waals surface area contributed by atoms with Crippen molar-refractivity contribution in [3.8, 4) is 0 Å². The van der Waals surface area contributed by atoms with E-state index in [0.717, 1.165) is 28.5 Å². The van der Waals surface area contributed by atoms with Crippen molar-refractivity contribution in [2.75, 3.05) is 25.9 Å². The molecule has 3 aromatic rings. The van der Waals surface area contributed by atoms with Crippen molar-refractivity contribution in [2.24, 2.45) is 4.99 Å². The molecule has 0 fully saturated rings. The van der Waals surface area contributed by atoms with Crippen molar-refractivity contribution in [3.05, 3.63) is 71.7 Å². The number of rotatable bonds is 9. The van der Waals surface area contributed by atoms with Gasteiger partial charge in [-0.15, -0.1) is 24.0 Å². The maximum absolute atomic E-state index is 13.3. The van der Waals surface area contributed by atoms with E-state index >= 15 is 0 Å². The molecule has 168 valence electrons. The summed E-state index contributed by atoms with van der Waals surface area (Å²) in [5, 5.41) is 7.37. The monoisotopic (exact) mass is 558 g/mol. The van der Waals surface area contributed by atoms with Crippen molar-refractivity contribution in [1.29, 1.82) is 0 Å². The second-order valence-corrected chi connectivity index (χ2v) is 9.29. The second-order valence-electron chi connectivity index (χ2n) is 7.11. The van der Waals surface area contributed by atoms with Gasteiger partial charge in [-0.05, 0) is 42.2 Å². The van der Waals surface area contributed by atoms with Crippen LogP contribution in [0.5, 0.6) is 0 Å². The van der Waals surface area contributed by atoms with Gasteiger partial charge in [0, 0.05) is 37.2 Å². The van der Waals surface area contributed by atoms with Gasteiger partial charge in [-0.2, -0.15) is 0 Å². The maximum atomic E-state index is 13.3. The Balaban J connectivity index is 0.00000341. The van der Waals surface area contributed by atoms with Gasteiger partial charge in [-0.25, -0.2) is 12.8 Å². The van der Waals surface area contributed by atoms with Crippen molar-refractivity contribution in [2.45, 2.75) is 18.6 Å². The van der Waals surface area contributed by atoms with Crippen LogP contribution in [0, 0.1) is 5.82 Å². The number of sulfone groups is 1. The number of hydrogen-bond acceptors (Lipinski definition) is 3. The number of H-pyrrole nitrogens is 1. The van der Waals surface area contributed by atoms with Gasteiger partial charge in [0.2, 0.25) is 0 Å². The molecule has 0 spiro atoms. The summed E-state index contributed by atoms with van der Waals surface area (Å²) in [5.74, 6) is 0.554. The first kappa shape index (κ1) is 25.1. The minimum Gasteiger partial charge on any atom is -0.361 e. The van der Waals surface area contributed by atoms with Gasteiger partial charge < -0.3 is 15.6 Å². The number of hydrogen-bond donors (Lipinski definition) is 3. The van der Waals surface area contributed by atoms with Gasteiger partial charge in [0.05, 0.1) is 11.5 Å². The molecule has 0 unspecified atom stereocenters. The van der Waals surface area contributed by atoms with Crippen LogP contribution in [0.3, 0.4) is 0 Å². The Labute approximate surface area is 199 Å². The van der Waals surface area contributed by atoms with Crippen LogP contribution in [0.4, 0.5) is 4.39 Å². The molecule has 0 aliphatic carbocycles. The van der Waals surface area contributed by atoms with E-state index in [1.54, 1.807) is 13.1 Å². The molecule has 3 rings (SSSR count). The van der Waals surface area contributed by atoms with Crippen LogP contribution in [0.2, 0.25) is 0 Å². The first-order valence-corrected chi connectivity index (χ1v) is 11.7. The molecule has 0 saturated heterocycles. The Morgan fingerprint density at radius 1 is 1.10 bits per heavy atom. The molecule has 31 heavy (non-hydrogen) atoms. The zero-order valence-corrected chi connectivity index (χ0v) is 20.5. The number of halogens is 2. The average molecular weight is 558 g/mol. The predicted molar refractivity (Wildman–Crippen MR) is 135 cm³/mol. The Morgan fingerprint density at radius 3 is 2.58 bits per heavy atom. The fraction of sp³-hybridized carbons (Fsp3) is 0.318. The first-order chi connectivity index (χ1) is 14.5. The Hall–Kier alpha value is -2.14. The third-order valence-corrected chi connectivity index (χ3v) is 6.48. The minimum absolute atomic E-state index is 0. The molecule has 0 atom stereocenters. The molecule has 0 bridgehead atoms. The van der Waals surface area contributed by atoms with Crippen LogP contribution in [-0.2, 0) is 22.0 Å². The molecular weight excluding hydrogens is 530 g/mol. The second kappa shape index (κ2) is 12.0.